The van der Waals surface area contributed by atoms with Crippen molar-refractivity contribution in [3.8, 4) is 0 Å². The second-order valence-corrected chi connectivity index (χ2v) is 5.58. The third-order valence-electron chi connectivity index (χ3n) is 1.52. The molecule has 0 aliphatic carbocycles. The lowest BCUT2D eigenvalue weighted by Gasteiger charge is -2.10. The van der Waals surface area contributed by atoms with Gasteiger partial charge in [-0.1, -0.05) is 0 Å². The number of hydrogen-bond donors (Lipinski definition) is 2. The maximum Gasteiger partial charge on any atom is 0.213 e. The quantitative estimate of drug-likeness (QED) is 0.649. The van der Waals surface area contributed by atoms with Crippen LogP contribution < -0.4 is 10.5 Å². The van der Waals surface area contributed by atoms with Gasteiger partial charge in [-0.2, -0.15) is 0 Å². The van der Waals surface area contributed by atoms with E-state index in [1.807, 2.05) is 6.92 Å². The van der Waals surface area contributed by atoms with Crippen molar-refractivity contribution >= 4 is 10.0 Å². The molecule has 0 rings (SSSR count). The van der Waals surface area contributed by atoms with Crippen LogP contribution in [-0.2, 0) is 10.0 Å². The van der Waals surface area contributed by atoms with E-state index < -0.39 is 10.0 Å². The Kier molecular flexibility index (Phi) is 4.74. The number of nitrogens with one attached hydrogen (secondary N) is 1. The molecule has 1 atom stereocenters. The van der Waals surface area contributed by atoms with Crippen molar-refractivity contribution in [1.82, 2.24) is 4.72 Å². The van der Waals surface area contributed by atoms with Crippen molar-refractivity contribution in [3.05, 3.63) is 0 Å². The van der Waals surface area contributed by atoms with Crippen LogP contribution in [0.3, 0.4) is 0 Å². The Labute approximate surface area is 74.6 Å². The first-order valence-electron chi connectivity index (χ1n) is 4.10. The second kappa shape index (κ2) is 4.79. The standard InChI is InChI=1S/C7H18N2O2S/c1-6(2)12(10,11)9-5-4-7(3)8/h6-7,9H,4-5,8H2,1-3H3. The number of hydrogen-bond acceptors (Lipinski definition) is 3. The Morgan fingerprint density at radius 1 is 1.33 bits per heavy atom. The van der Waals surface area contributed by atoms with E-state index in [4.69, 9.17) is 5.73 Å². The van der Waals surface area contributed by atoms with Gasteiger partial charge in [-0.25, -0.2) is 13.1 Å². The minimum atomic E-state index is -3.10. The van der Waals surface area contributed by atoms with E-state index in [9.17, 15) is 8.42 Å². The smallest absolute Gasteiger partial charge is 0.213 e. The highest BCUT2D eigenvalue weighted by Crippen LogP contribution is 1.95. The molecule has 0 aliphatic rings. The van der Waals surface area contributed by atoms with Gasteiger partial charge in [-0.15, -0.1) is 0 Å². The second-order valence-electron chi connectivity index (χ2n) is 3.25. The van der Waals surface area contributed by atoms with Gasteiger partial charge in [0.15, 0.2) is 0 Å². The van der Waals surface area contributed by atoms with Gasteiger partial charge in [0.25, 0.3) is 0 Å². The fraction of sp³-hybridized carbons (Fsp3) is 1.00. The molecule has 74 valence electrons. The van der Waals surface area contributed by atoms with Gasteiger partial charge in [0.2, 0.25) is 10.0 Å². The van der Waals surface area contributed by atoms with Crippen molar-refractivity contribution in [2.45, 2.75) is 38.5 Å². The molecule has 0 bridgehead atoms. The van der Waals surface area contributed by atoms with Gasteiger partial charge >= 0.3 is 0 Å². The lowest BCUT2D eigenvalue weighted by Crippen LogP contribution is -2.33. The van der Waals surface area contributed by atoms with Crippen LogP contribution in [-0.4, -0.2) is 26.3 Å². The van der Waals surface area contributed by atoms with Crippen LogP contribution in [0.1, 0.15) is 27.2 Å². The molecule has 0 radical (unpaired) electrons. The summed E-state index contributed by atoms with van der Waals surface area (Å²) in [5.74, 6) is 0. The predicted molar refractivity (Wildman–Crippen MR) is 50.3 cm³/mol. The van der Waals surface area contributed by atoms with Gasteiger partial charge in [0.05, 0.1) is 5.25 Å². The Balaban J connectivity index is 3.79. The lowest BCUT2D eigenvalue weighted by atomic mass is 10.3. The molecule has 1 unspecified atom stereocenters. The van der Waals surface area contributed by atoms with Gasteiger partial charge in [-0.05, 0) is 27.2 Å². The fourth-order valence-corrected chi connectivity index (χ4v) is 1.33. The van der Waals surface area contributed by atoms with Crippen LogP contribution in [0.4, 0.5) is 0 Å². The molecule has 4 nitrogen and oxygen atoms in total. The first-order valence-corrected chi connectivity index (χ1v) is 5.65. The average molecular weight is 194 g/mol. The summed E-state index contributed by atoms with van der Waals surface area (Å²) in [6, 6.07) is 0.0415. The molecule has 0 spiro atoms. The van der Waals surface area contributed by atoms with Crippen molar-refractivity contribution < 1.29 is 8.42 Å². The molecule has 12 heavy (non-hydrogen) atoms. The molecule has 0 fully saturated rings. The first kappa shape index (κ1) is 11.9. The molecule has 5 heteroatoms. The summed E-state index contributed by atoms with van der Waals surface area (Å²) in [4.78, 5) is 0. The lowest BCUT2D eigenvalue weighted by molar-refractivity contribution is 0.563. The van der Waals surface area contributed by atoms with Crippen LogP contribution in [0.15, 0.2) is 0 Å². The Hall–Kier alpha value is -0.130. The zero-order valence-electron chi connectivity index (χ0n) is 7.87. The summed E-state index contributed by atoms with van der Waals surface area (Å²) < 4.78 is 24.8. The monoisotopic (exact) mass is 194 g/mol. The number of rotatable bonds is 5. The molecular formula is C7H18N2O2S. The Bertz CT molecular complexity index is 209. The topological polar surface area (TPSA) is 72.2 Å². The van der Waals surface area contributed by atoms with E-state index in [-0.39, 0.29) is 11.3 Å². The van der Waals surface area contributed by atoms with Crippen LogP contribution in [0, 0.1) is 0 Å². The zero-order chi connectivity index (χ0) is 9.78. The minimum Gasteiger partial charge on any atom is -0.328 e. The van der Waals surface area contributed by atoms with E-state index in [0.29, 0.717) is 13.0 Å². The van der Waals surface area contributed by atoms with Crippen molar-refractivity contribution in [2.75, 3.05) is 6.54 Å². The maximum atomic E-state index is 11.2. The van der Waals surface area contributed by atoms with Crippen LogP contribution in [0.5, 0.6) is 0 Å². The predicted octanol–water partition coefficient (Wildman–Crippen LogP) is 0.0515. The van der Waals surface area contributed by atoms with Gasteiger partial charge in [0.1, 0.15) is 0 Å². The Morgan fingerprint density at radius 2 is 1.83 bits per heavy atom. The highest BCUT2D eigenvalue weighted by atomic mass is 32.2. The molecule has 0 heterocycles. The molecule has 0 aromatic carbocycles. The summed E-state index contributed by atoms with van der Waals surface area (Å²) in [6.07, 6.45) is 0.673. The SMILES string of the molecule is CC(N)CCNS(=O)(=O)C(C)C. The van der Waals surface area contributed by atoms with Crippen molar-refractivity contribution in [1.29, 1.82) is 0 Å². The highest BCUT2D eigenvalue weighted by molar-refractivity contribution is 7.90. The molecule has 3 N–H and O–H groups in total. The summed E-state index contributed by atoms with van der Waals surface area (Å²) in [7, 11) is -3.10. The average Bonchev–Trinajstić information content (AvgIpc) is 1.85. The summed E-state index contributed by atoms with van der Waals surface area (Å²) in [5, 5.41) is -0.370. The molecular weight excluding hydrogens is 176 g/mol. The van der Waals surface area contributed by atoms with Crippen molar-refractivity contribution in [2.24, 2.45) is 5.73 Å². The highest BCUT2D eigenvalue weighted by Gasteiger charge is 2.14. The zero-order valence-corrected chi connectivity index (χ0v) is 8.69. The minimum absolute atomic E-state index is 0.0415. The van der Waals surface area contributed by atoms with E-state index in [2.05, 4.69) is 4.72 Å². The van der Waals surface area contributed by atoms with Gasteiger partial charge < -0.3 is 5.73 Å². The molecule has 0 aromatic rings. The number of sulfonamides is 1. The van der Waals surface area contributed by atoms with E-state index in [0.717, 1.165) is 0 Å². The molecule has 0 saturated heterocycles. The molecule has 0 amide bonds. The summed E-state index contributed by atoms with van der Waals surface area (Å²) in [5.41, 5.74) is 5.46. The maximum absolute atomic E-state index is 11.2. The van der Waals surface area contributed by atoms with E-state index in [1.165, 1.54) is 0 Å². The molecule has 0 aliphatic heterocycles. The largest absolute Gasteiger partial charge is 0.328 e. The third kappa shape index (κ3) is 4.69. The van der Waals surface area contributed by atoms with Crippen LogP contribution >= 0.6 is 0 Å². The van der Waals surface area contributed by atoms with Gasteiger partial charge in [-0.3, -0.25) is 0 Å². The molecule has 0 saturated carbocycles. The van der Waals surface area contributed by atoms with Gasteiger partial charge in [0, 0.05) is 12.6 Å². The summed E-state index contributed by atoms with van der Waals surface area (Å²) >= 11 is 0. The fourth-order valence-electron chi connectivity index (χ4n) is 0.596. The van der Waals surface area contributed by atoms with E-state index in [1.54, 1.807) is 13.8 Å². The first-order chi connectivity index (χ1) is 5.36. The Morgan fingerprint density at radius 3 is 2.17 bits per heavy atom. The molecule has 0 aromatic heterocycles. The number of nitrogens with two attached hydrogens (primary N) is 1. The normalized spacial score (nSPS) is 15.1. The van der Waals surface area contributed by atoms with Crippen LogP contribution in [0.25, 0.3) is 0 Å². The van der Waals surface area contributed by atoms with E-state index >= 15 is 0 Å². The third-order valence-corrected chi connectivity index (χ3v) is 3.37. The van der Waals surface area contributed by atoms with Crippen LogP contribution in [0.2, 0.25) is 0 Å². The van der Waals surface area contributed by atoms with Crippen molar-refractivity contribution in [3.63, 3.8) is 0 Å². The summed E-state index contributed by atoms with van der Waals surface area (Å²) in [6.45, 7) is 5.57.